The molecule has 1 aromatic rings. The molecular weight excluding hydrogens is 292 g/mol. The summed E-state index contributed by atoms with van der Waals surface area (Å²) in [7, 11) is 0. The van der Waals surface area contributed by atoms with Gasteiger partial charge in [-0.3, -0.25) is 0 Å². The predicted molar refractivity (Wildman–Crippen MR) is 106 cm³/mol. The highest BCUT2D eigenvalue weighted by molar-refractivity contribution is 5.71. The summed E-state index contributed by atoms with van der Waals surface area (Å²) in [5, 5.41) is 7.46. The smallest absolute Gasteiger partial charge is 0.0583 e. The van der Waals surface area contributed by atoms with Gasteiger partial charge in [0.15, 0.2) is 0 Å². The topological polar surface area (TPSA) is 24.1 Å². The van der Waals surface area contributed by atoms with Crippen LogP contribution < -0.4 is 10.6 Å². The van der Waals surface area contributed by atoms with Gasteiger partial charge in [-0.05, 0) is 52.7 Å². The van der Waals surface area contributed by atoms with Crippen molar-refractivity contribution in [2.75, 3.05) is 10.6 Å². The number of benzene rings is 1. The number of anilines is 2. The Kier molecular flexibility index (Phi) is 4.40. The zero-order chi connectivity index (χ0) is 17.2. The molecule has 0 bridgehead atoms. The summed E-state index contributed by atoms with van der Waals surface area (Å²) in [5.74, 6) is 0. The van der Waals surface area contributed by atoms with Crippen LogP contribution in [0.5, 0.6) is 0 Å². The van der Waals surface area contributed by atoms with Crippen LogP contribution in [0.25, 0.3) is 0 Å². The third kappa shape index (κ3) is 3.81. The van der Waals surface area contributed by atoms with Crippen LogP contribution in [0.3, 0.4) is 0 Å². The number of nitrogens with one attached hydrogen (secondary N) is 2. The van der Waals surface area contributed by atoms with E-state index in [1.54, 1.807) is 0 Å². The molecule has 0 amide bonds. The largest absolute Gasteiger partial charge is 0.374 e. The number of rotatable bonds is 4. The van der Waals surface area contributed by atoms with Crippen molar-refractivity contribution in [1.29, 1.82) is 0 Å². The second-order valence-corrected chi connectivity index (χ2v) is 7.60. The predicted octanol–water partition coefficient (Wildman–Crippen LogP) is 5.84. The van der Waals surface area contributed by atoms with Crippen LogP contribution >= 0.6 is 0 Å². The summed E-state index contributed by atoms with van der Waals surface area (Å²) < 4.78 is 0. The molecule has 24 heavy (non-hydrogen) atoms. The van der Waals surface area contributed by atoms with E-state index in [1.807, 2.05) is 0 Å². The van der Waals surface area contributed by atoms with E-state index >= 15 is 0 Å². The van der Waals surface area contributed by atoms with Crippen LogP contribution in [-0.2, 0) is 0 Å². The van der Waals surface area contributed by atoms with Gasteiger partial charge in [-0.2, -0.15) is 0 Å². The van der Waals surface area contributed by atoms with Crippen molar-refractivity contribution in [1.82, 2.24) is 0 Å². The Balaban J connectivity index is 1.79. The van der Waals surface area contributed by atoms with Gasteiger partial charge in [0, 0.05) is 0 Å². The average Bonchev–Trinajstić information content (AvgIpc) is 2.56. The quantitative estimate of drug-likeness (QED) is 0.728. The van der Waals surface area contributed by atoms with Gasteiger partial charge < -0.3 is 10.6 Å². The SMILES string of the molecule is CC1=CCC(C)(Nc2ccccc2NC2(C)C=CC(C)=CC2)C=C1. The highest BCUT2D eigenvalue weighted by atomic mass is 15.0. The van der Waals surface area contributed by atoms with E-state index in [4.69, 9.17) is 0 Å². The second-order valence-electron chi connectivity index (χ2n) is 7.60. The minimum Gasteiger partial charge on any atom is -0.374 e. The van der Waals surface area contributed by atoms with Crippen LogP contribution in [0.2, 0.25) is 0 Å². The molecule has 2 nitrogen and oxygen atoms in total. The van der Waals surface area contributed by atoms with Crippen molar-refractivity contribution >= 4 is 11.4 Å². The highest BCUT2D eigenvalue weighted by Crippen LogP contribution is 2.33. The van der Waals surface area contributed by atoms with Crippen molar-refractivity contribution in [2.45, 2.75) is 51.6 Å². The molecule has 1 aromatic carbocycles. The lowest BCUT2D eigenvalue weighted by Gasteiger charge is -2.34. The lowest BCUT2D eigenvalue weighted by molar-refractivity contribution is 0.628. The summed E-state index contributed by atoms with van der Waals surface area (Å²) in [6.45, 7) is 8.80. The maximum atomic E-state index is 3.73. The number of hydrogen-bond donors (Lipinski definition) is 2. The van der Waals surface area contributed by atoms with Gasteiger partial charge in [0.05, 0.1) is 22.5 Å². The van der Waals surface area contributed by atoms with Gasteiger partial charge in [0.25, 0.3) is 0 Å². The van der Waals surface area contributed by atoms with Gasteiger partial charge in [0.2, 0.25) is 0 Å². The second kappa shape index (κ2) is 6.35. The van der Waals surface area contributed by atoms with Crippen molar-refractivity contribution in [3.63, 3.8) is 0 Å². The van der Waals surface area contributed by atoms with Crippen LogP contribution in [0.1, 0.15) is 40.5 Å². The first-order valence-electron chi connectivity index (χ1n) is 8.75. The molecule has 2 N–H and O–H groups in total. The van der Waals surface area contributed by atoms with Crippen molar-refractivity contribution in [2.24, 2.45) is 0 Å². The first kappa shape index (κ1) is 16.6. The molecule has 0 fully saturated rings. The number of allylic oxidation sites excluding steroid dienone is 4. The molecule has 0 heterocycles. The van der Waals surface area contributed by atoms with Gasteiger partial charge >= 0.3 is 0 Å². The molecule has 0 saturated carbocycles. The normalized spacial score (nSPS) is 29.0. The number of hydrogen-bond acceptors (Lipinski definition) is 2. The molecule has 2 aliphatic rings. The summed E-state index contributed by atoms with van der Waals surface area (Å²) in [6, 6.07) is 8.49. The monoisotopic (exact) mass is 320 g/mol. The van der Waals surface area contributed by atoms with Gasteiger partial charge in [-0.25, -0.2) is 0 Å². The van der Waals surface area contributed by atoms with E-state index in [0.717, 1.165) is 24.2 Å². The maximum Gasteiger partial charge on any atom is 0.0583 e. The Labute approximate surface area is 146 Å². The molecule has 2 aliphatic carbocycles. The van der Waals surface area contributed by atoms with Gasteiger partial charge in [-0.15, -0.1) is 0 Å². The van der Waals surface area contributed by atoms with Gasteiger partial charge in [0.1, 0.15) is 0 Å². The van der Waals surface area contributed by atoms with E-state index in [-0.39, 0.29) is 11.1 Å². The fourth-order valence-corrected chi connectivity index (χ4v) is 3.15. The molecule has 3 rings (SSSR count). The Morgan fingerprint density at radius 1 is 0.750 bits per heavy atom. The molecule has 2 unspecified atom stereocenters. The first-order valence-corrected chi connectivity index (χ1v) is 8.75. The zero-order valence-electron chi connectivity index (χ0n) is 15.2. The van der Waals surface area contributed by atoms with Crippen molar-refractivity contribution in [3.8, 4) is 0 Å². The van der Waals surface area contributed by atoms with E-state index in [2.05, 4.69) is 99.1 Å². The first-order chi connectivity index (χ1) is 11.4. The molecule has 2 atom stereocenters. The van der Waals surface area contributed by atoms with Crippen molar-refractivity contribution < 1.29 is 0 Å². The Morgan fingerprint density at radius 2 is 1.17 bits per heavy atom. The minimum atomic E-state index is -0.0446. The summed E-state index contributed by atoms with van der Waals surface area (Å²) >= 11 is 0. The molecule has 0 radical (unpaired) electrons. The summed E-state index contributed by atoms with van der Waals surface area (Å²) in [4.78, 5) is 0. The lowest BCUT2D eigenvalue weighted by atomic mass is 9.89. The average molecular weight is 320 g/mol. The zero-order valence-corrected chi connectivity index (χ0v) is 15.2. The van der Waals surface area contributed by atoms with E-state index < -0.39 is 0 Å². The molecule has 0 aliphatic heterocycles. The van der Waals surface area contributed by atoms with Crippen LogP contribution in [0, 0.1) is 0 Å². The Bertz CT molecular complexity index is 675. The van der Waals surface area contributed by atoms with E-state index in [1.165, 1.54) is 11.1 Å². The molecule has 0 spiro atoms. The molecule has 0 saturated heterocycles. The Morgan fingerprint density at radius 3 is 1.50 bits per heavy atom. The van der Waals surface area contributed by atoms with E-state index in [0.29, 0.717) is 0 Å². The summed E-state index contributed by atoms with van der Waals surface area (Å²) in [5.41, 5.74) is 4.89. The maximum absolute atomic E-state index is 3.73. The summed E-state index contributed by atoms with van der Waals surface area (Å²) in [6.07, 6.45) is 15.5. The van der Waals surface area contributed by atoms with Gasteiger partial charge in [-0.1, -0.05) is 59.7 Å². The van der Waals surface area contributed by atoms with Crippen molar-refractivity contribution in [3.05, 3.63) is 71.9 Å². The van der Waals surface area contributed by atoms with E-state index in [9.17, 15) is 0 Å². The number of para-hydroxylation sites is 2. The minimum absolute atomic E-state index is 0.0446. The standard InChI is InChI=1S/C22H28N2/c1-17-9-13-21(3,14-10-17)23-19-7-5-6-8-20(19)24-22(4)15-11-18(2)12-16-22/h5-13,15,23-24H,14,16H2,1-4H3. The molecule has 2 heteroatoms. The van der Waals surface area contributed by atoms with Crippen LogP contribution in [-0.4, -0.2) is 11.1 Å². The third-order valence-electron chi connectivity index (χ3n) is 4.89. The fraction of sp³-hybridized carbons (Fsp3) is 0.364. The van der Waals surface area contributed by atoms with Crippen LogP contribution in [0.15, 0.2) is 71.9 Å². The lowest BCUT2D eigenvalue weighted by Crippen LogP contribution is -2.36. The molecule has 126 valence electrons. The molecular formula is C22H28N2. The van der Waals surface area contributed by atoms with Crippen LogP contribution in [0.4, 0.5) is 11.4 Å². The third-order valence-corrected chi connectivity index (χ3v) is 4.89. The fourth-order valence-electron chi connectivity index (χ4n) is 3.15. The highest BCUT2D eigenvalue weighted by Gasteiger charge is 2.25. The Hall–Kier alpha value is -2.22. The molecule has 0 aromatic heterocycles.